The van der Waals surface area contributed by atoms with Gasteiger partial charge in [0.05, 0.1) is 22.1 Å². The van der Waals surface area contributed by atoms with Crippen LogP contribution in [0.1, 0.15) is 41.5 Å². The molecule has 0 aliphatic carbocycles. The number of nitrogens with one attached hydrogen (secondary N) is 2. The van der Waals surface area contributed by atoms with Crippen LogP contribution in [0.2, 0.25) is 0 Å². The molecule has 9 heteroatoms. The molecule has 36 heavy (non-hydrogen) atoms. The summed E-state index contributed by atoms with van der Waals surface area (Å²) in [6.07, 6.45) is 0. The zero-order chi connectivity index (χ0) is 26.2. The van der Waals surface area contributed by atoms with E-state index in [4.69, 9.17) is 4.42 Å². The van der Waals surface area contributed by atoms with Crippen molar-refractivity contribution in [2.24, 2.45) is 0 Å². The fourth-order valence-electron chi connectivity index (χ4n) is 3.91. The van der Waals surface area contributed by atoms with Crippen molar-refractivity contribution in [3.05, 3.63) is 87.7 Å². The van der Waals surface area contributed by atoms with Crippen LogP contribution in [0.15, 0.2) is 65.1 Å². The van der Waals surface area contributed by atoms with Crippen LogP contribution in [0.4, 0.5) is 10.1 Å². The van der Waals surface area contributed by atoms with Crippen molar-refractivity contribution in [3.63, 3.8) is 0 Å². The minimum atomic E-state index is -0.545. The number of nitro groups is 1. The third-order valence-electron chi connectivity index (χ3n) is 5.49. The normalized spacial score (nSPS) is 11.4. The third-order valence-corrected chi connectivity index (χ3v) is 5.49. The number of fused-ring (bicyclic) bond motifs is 1. The van der Waals surface area contributed by atoms with E-state index >= 15 is 0 Å². The Hall–Kier alpha value is -4.53. The van der Waals surface area contributed by atoms with Gasteiger partial charge in [-0.05, 0) is 68.8 Å². The first kappa shape index (κ1) is 24.6. The summed E-state index contributed by atoms with van der Waals surface area (Å²) in [5.74, 6) is -1.08. The molecular formula is C27H24FN3O5. The van der Waals surface area contributed by atoms with Gasteiger partial charge in [0.15, 0.2) is 0 Å². The zero-order valence-corrected chi connectivity index (χ0v) is 20.1. The molecule has 0 aliphatic rings. The molecule has 1 heterocycles. The van der Waals surface area contributed by atoms with E-state index in [2.05, 4.69) is 10.6 Å². The number of carbonyl (C=O) groups excluding carboxylic acids is 2. The molecule has 0 aliphatic heterocycles. The van der Waals surface area contributed by atoms with Gasteiger partial charge in [-0.15, -0.1) is 0 Å². The molecule has 0 bridgehead atoms. The van der Waals surface area contributed by atoms with Gasteiger partial charge < -0.3 is 15.1 Å². The number of benzene rings is 3. The molecule has 0 atom stereocenters. The predicted molar refractivity (Wildman–Crippen MR) is 134 cm³/mol. The molecule has 4 aromatic rings. The van der Waals surface area contributed by atoms with Crippen LogP contribution in [0.5, 0.6) is 0 Å². The van der Waals surface area contributed by atoms with Crippen LogP contribution in [0.3, 0.4) is 0 Å². The predicted octanol–water partition coefficient (Wildman–Crippen LogP) is 5.70. The van der Waals surface area contributed by atoms with Crippen molar-refractivity contribution >= 4 is 28.5 Å². The quantitative estimate of drug-likeness (QED) is 0.276. The van der Waals surface area contributed by atoms with Gasteiger partial charge >= 0.3 is 0 Å². The third kappa shape index (κ3) is 4.81. The second-order valence-corrected chi connectivity index (χ2v) is 9.30. The highest BCUT2D eigenvalue weighted by molar-refractivity contribution is 6.12. The Bertz CT molecular complexity index is 1500. The Morgan fingerprint density at radius 2 is 1.67 bits per heavy atom. The monoisotopic (exact) mass is 489 g/mol. The lowest BCUT2D eigenvalue weighted by Crippen LogP contribution is -2.40. The topological polar surface area (TPSA) is 114 Å². The highest BCUT2D eigenvalue weighted by Crippen LogP contribution is 2.40. The summed E-state index contributed by atoms with van der Waals surface area (Å²) in [4.78, 5) is 37.0. The average Bonchev–Trinajstić information content (AvgIpc) is 3.20. The lowest BCUT2D eigenvalue weighted by Gasteiger charge is -2.20. The lowest BCUT2D eigenvalue weighted by molar-refractivity contribution is -0.384. The molecule has 0 saturated carbocycles. The van der Waals surface area contributed by atoms with E-state index < -0.39 is 22.2 Å². The molecule has 0 radical (unpaired) electrons. The molecule has 0 fully saturated rings. The first-order chi connectivity index (χ1) is 17.0. The summed E-state index contributed by atoms with van der Waals surface area (Å²) in [6, 6.07) is 14.6. The van der Waals surface area contributed by atoms with Crippen LogP contribution in [-0.4, -0.2) is 29.3 Å². The number of nitro benzene ring substituents is 1. The van der Waals surface area contributed by atoms with E-state index in [1.165, 1.54) is 43.4 Å². The summed E-state index contributed by atoms with van der Waals surface area (Å²) < 4.78 is 19.4. The standard InChI is InChI=1S/C27H24FN3O5/c1-27(2,3)30-25(32)17-7-5-6-16(12-17)19-13-20-22(14-21(19)31(34)35)36-24(23(20)26(33)29-4)15-8-10-18(28)11-9-15/h5-14H,1-4H3,(H,29,33)(H,30,32). The van der Waals surface area contributed by atoms with Crippen molar-refractivity contribution in [1.82, 2.24) is 10.6 Å². The summed E-state index contributed by atoms with van der Waals surface area (Å²) in [5.41, 5.74) is 1.00. The summed E-state index contributed by atoms with van der Waals surface area (Å²) in [5, 5.41) is 17.8. The van der Waals surface area contributed by atoms with Gasteiger partial charge in [-0.2, -0.15) is 0 Å². The average molecular weight is 490 g/mol. The number of halogens is 1. The van der Waals surface area contributed by atoms with Crippen molar-refractivity contribution in [1.29, 1.82) is 0 Å². The maximum Gasteiger partial charge on any atom is 0.280 e. The molecule has 2 N–H and O–H groups in total. The number of hydrogen-bond acceptors (Lipinski definition) is 5. The van der Waals surface area contributed by atoms with Gasteiger partial charge in [0.1, 0.15) is 17.2 Å². The fourth-order valence-corrected chi connectivity index (χ4v) is 3.91. The Labute approximate surface area is 206 Å². The first-order valence-corrected chi connectivity index (χ1v) is 11.1. The maximum atomic E-state index is 13.5. The van der Waals surface area contributed by atoms with Crippen molar-refractivity contribution < 1.29 is 23.3 Å². The molecule has 3 aromatic carbocycles. The van der Waals surface area contributed by atoms with E-state index in [9.17, 15) is 24.1 Å². The van der Waals surface area contributed by atoms with E-state index in [1.54, 1.807) is 24.3 Å². The summed E-state index contributed by atoms with van der Waals surface area (Å²) in [6.45, 7) is 5.56. The van der Waals surface area contributed by atoms with Crippen LogP contribution < -0.4 is 10.6 Å². The zero-order valence-electron chi connectivity index (χ0n) is 20.1. The van der Waals surface area contributed by atoms with Crippen LogP contribution in [0, 0.1) is 15.9 Å². The van der Waals surface area contributed by atoms with Crippen LogP contribution in [0.25, 0.3) is 33.4 Å². The maximum absolute atomic E-state index is 13.5. The molecule has 4 rings (SSSR count). The van der Waals surface area contributed by atoms with Gasteiger partial charge in [0.25, 0.3) is 17.5 Å². The molecule has 2 amide bonds. The minimum absolute atomic E-state index is 0.130. The number of furan rings is 1. The number of amides is 2. The van der Waals surface area contributed by atoms with Crippen molar-refractivity contribution in [3.8, 4) is 22.5 Å². The molecule has 0 saturated heterocycles. The van der Waals surface area contributed by atoms with Crippen molar-refractivity contribution in [2.45, 2.75) is 26.3 Å². The minimum Gasteiger partial charge on any atom is -0.455 e. The van der Waals surface area contributed by atoms with Gasteiger partial charge in [-0.1, -0.05) is 12.1 Å². The summed E-state index contributed by atoms with van der Waals surface area (Å²) >= 11 is 0. The number of hydrogen-bond donors (Lipinski definition) is 2. The largest absolute Gasteiger partial charge is 0.455 e. The second kappa shape index (κ2) is 9.26. The molecule has 8 nitrogen and oxygen atoms in total. The van der Waals surface area contributed by atoms with Gasteiger partial charge in [-0.3, -0.25) is 19.7 Å². The van der Waals surface area contributed by atoms with E-state index in [1.807, 2.05) is 20.8 Å². The molecule has 0 spiro atoms. The number of nitrogens with zero attached hydrogens (tertiary/aromatic N) is 1. The van der Waals surface area contributed by atoms with Gasteiger partial charge in [0.2, 0.25) is 0 Å². The Morgan fingerprint density at radius 3 is 2.28 bits per heavy atom. The Balaban J connectivity index is 1.95. The highest BCUT2D eigenvalue weighted by Gasteiger charge is 2.27. The smallest absolute Gasteiger partial charge is 0.280 e. The van der Waals surface area contributed by atoms with Gasteiger partial charge in [-0.25, -0.2) is 4.39 Å². The first-order valence-electron chi connectivity index (χ1n) is 11.1. The van der Waals surface area contributed by atoms with E-state index in [0.717, 1.165) is 0 Å². The lowest BCUT2D eigenvalue weighted by atomic mass is 9.97. The summed E-state index contributed by atoms with van der Waals surface area (Å²) in [7, 11) is 1.46. The Kier molecular flexibility index (Phi) is 6.32. The van der Waals surface area contributed by atoms with Gasteiger partial charge in [0, 0.05) is 29.1 Å². The molecule has 1 aromatic heterocycles. The van der Waals surface area contributed by atoms with E-state index in [-0.39, 0.29) is 34.1 Å². The Morgan fingerprint density at radius 1 is 0.972 bits per heavy atom. The number of rotatable bonds is 5. The molecule has 0 unspecified atom stereocenters. The SMILES string of the molecule is CNC(=O)c1c(-c2ccc(F)cc2)oc2cc([N+](=O)[O-])c(-c3cccc(C(=O)NC(C)(C)C)c3)cc12. The van der Waals surface area contributed by atoms with Crippen LogP contribution >= 0.6 is 0 Å². The second-order valence-electron chi connectivity index (χ2n) is 9.30. The highest BCUT2D eigenvalue weighted by atomic mass is 19.1. The molecule has 184 valence electrons. The molecular weight excluding hydrogens is 465 g/mol. The van der Waals surface area contributed by atoms with E-state index in [0.29, 0.717) is 22.1 Å². The number of carbonyl (C=O) groups is 2. The van der Waals surface area contributed by atoms with Crippen LogP contribution in [-0.2, 0) is 0 Å². The van der Waals surface area contributed by atoms with Crippen molar-refractivity contribution in [2.75, 3.05) is 7.05 Å². The fraction of sp³-hybridized carbons (Fsp3) is 0.185.